The highest BCUT2D eigenvalue weighted by Gasteiger charge is 2.32. The van der Waals surface area contributed by atoms with Crippen LogP contribution < -0.4 is 9.64 Å². The Bertz CT molecular complexity index is 1480. The van der Waals surface area contributed by atoms with E-state index in [4.69, 9.17) is 4.74 Å². The summed E-state index contributed by atoms with van der Waals surface area (Å²) >= 11 is 0. The average molecular weight is 547 g/mol. The summed E-state index contributed by atoms with van der Waals surface area (Å²) in [5.74, 6) is 2.67. The van der Waals surface area contributed by atoms with Crippen LogP contribution in [-0.4, -0.2) is 46.5 Å². The highest BCUT2D eigenvalue weighted by Crippen LogP contribution is 2.33. The third-order valence-electron chi connectivity index (χ3n) is 7.65. The van der Waals surface area contributed by atoms with Crippen molar-refractivity contribution >= 4 is 11.6 Å². The number of carbonyl (C=O) groups is 1. The molecule has 0 aliphatic carbocycles. The van der Waals surface area contributed by atoms with E-state index < -0.39 is 11.7 Å². The molecular formula is C31H29F3N4O2. The van der Waals surface area contributed by atoms with Crippen LogP contribution in [0.25, 0.3) is 0 Å². The van der Waals surface area contributed by atoms with Crippen LogP contribution in [0.3, 0.4) is 0 Å². The van der Waals surface area contributed by atoms with Crippen LogP contribution in [0, 0.1) is 0 Å². The van der Waals surface area contributed by atoms with E-state index in [0.717, 1.165) is 42.8 Å². The molecule has 2 aliphatic rings. The molecule has 6 nitrogen and oxygen atoms in total. The van der Waals surface area contributed by atoms with Gasteiger partial charge in [0.2, 0.25) is 0 Å². The van der Waals surface area contributed by atoms with E-state index in [9.17, 15) is 18.0 Å². The molecule has 6 rings (SSSR count). The fourth-order valence-corrected chi connectivity index (χ4v) is 5.46. The molecule has 1 amide bonds. The first kappa shape index (κ1) is 26.0. The minimum absolute atomic E-state index is 0.135. The number of hydrogen-bond donors (Lipinski definition) is 0. The van der Waals surface area contributed by atoms with Crippen LogP contribution in [-0.2, 0) is 19.1 Å². The number of benzene rings is 3. The van der Waals surface area contributed by atoms with Gasteiger partial charge in [-0.1, -0.05) is 36.4 Å². The van der Waals surface area contributed by atoms with Crippen LogP contribution in [0.1, 0.15) is 39.8 Å². The number of para-hydroxylation sites is 1. The smallest absolute Gasteiger partial charge is 0.416 e. The standard InChI is InChI=1S/C31H29F3N4O2/c32-31(33,34)24-5-4-6-25(19-24)36-15-17-37(18-16-36)30(39)28-21-38-20-23(11-14-29(38)35-28)22-9-12-27(13-10-22)40-26-7-2-1-3-8-26/h1-10,12-13,19,21,23H,11,14-18,20H2. The van der Waals surface area contributed by atoms with Crippen molar-refractivity contribution < 1.29 is 22.7 Å². The number of aromatic nitrogens is 2. The second-order valence-electron chi connectivity index (χ2n) is 10.2. The molecule has 3 heterocycles. The van der Waals surface area contributed by atoms with Gasteiger partial charge in [-0.3, -0.25) is 4.79 Å². The quantitative estimate of drug-likeness (QED) is 0.291. The van der Waals surface area contributed by atoms with Crippen LogP contribution in [0.5, 0.6) is 11.5 Å². The molecule has 0 bridgehead atoms. The molecule has 2 aliphatic heterocycles. The van der Waals surface area contributed by atoms with E-state index in [2.05, 4.69) is 21.7 Å². The average Bonchev–Trinajstić information content (AvgIpc) is 3.41. The number of ether oxygens (including phenoxy) is 1. The maximum Gasteiger partial charge on any atom is 0.416 e. The maximum absolute atomic E-state index is 13.3. The van der Waals surface area contributed by atoms with Crippen molar-refractivity contribution in [3.8, 4) is 11.5 Å². The van der Waals surface area contributed by atoms with Crippen LogP contribution in [0.15, 0.2) is 85.1 Å². The Morgan fingerprint density at radius 1 is 0.875 bits per heavy atom. The number of aryl methyl sites for hydroxylation is 1. The number of anilines is 1. The Kier molecular flexibility index (Phi) is 6.96. The molecule has 206 valence electrons. The van der Waals surface area contributed by atoms with Gasteiger partial charge in [0.25, 0.3) is 5.91 Å². The Morgan fingerprint density at radius 2 is 1.60 bits per heavy atom. The monoisotopic (exact) mass is 546 g/mol. The molecule has 1 aromatic heterocycles. The molecular weight excluding hydrogens is 517 g/mol. The van der Waals surface area contributed by atoms with Gasteiger partial charge in [-0.2, -0.15) is 13.2 Å². The Hall–Kier alpha value is -4.27. The minimum atomic E-state index is -4.38. The third kappa shape index (κ3) is 5.54. The minimum Gasteiger partial charge on any atom is -0.457 e. The van der Waals surface area contributed by atoms with Crippen molar-refractivity contribution in [3.63, 3.8) is 0 Å². The highest BCUT2D eigenvalue weighted by molar-refractivity contribution is 5.92. The SMILES string of the molecule is O=C(c1cn2c(n1)CCC(c1ccc(Oc3ccccc3)cc1)C2)N1CCN(c2cccc(C(F)(F)F)c2)CC1. The first-order chi connectivity index (χ1) is 19.3. The van der Waals surface area contributed by atoms with Crippen molar-refractivity contribution in [2.75, 3.05) is 31.1 Å². The van der Waals surface area contributed by atoms with Gasteiger partial charge in [0.05, 0.1) is 5.56 Å². The number of halogens is 3. The van der Waals surface area contributed by atoms with Crippen LogP contribution >= 0.6 is 0 Å². The van der Waals surface area contributed by atoms with Gasteiger partial charge in [0.1, 0.15) is 23.0 Å². The summed E-state index contributed by atoms with van der Waals surface area (Å²) in [7, 11) is 0. The molecule has 1 atom stereocenters. The first-order valence-electron chi connectivity index (χ1n) is 13.4. The zero-order valence-electron chi connectivity index (χ0n) is 21.8. The molecule has 4 aromatic rings. The fraction of sp³-hybridized carbons (Fsp3) is 0.290. The zero-order valence-corrected chi connectivity index (χ0v) is 21.8. The number of amides is 1. The lowest BCUT2D eigenvalue weighted by molar-refractivity contribution is -0.137. The molecule has 0 radical (unpaired) electrons. The van der Waals surface area contributed by atoms with E-state index in [-0.39, 0.29) is 5.91 Å². The second-order valence-corrected chi connectivity index (χ2v) is 10.2. The van der Waals surface area contributed by atoms with Gasteiger partial charge in [-0.25, -0.2) is 4.98 Å². The van der Waals surface area contributed by atoms with Crippen molar-refractivity contribution in [1.29, 1.82) is 0 Å². The third-order valence-corrected chi connectivity index (χ3v) is 7.65. The van der Waals surface area contributed by atoms with Gasteiger partial charge in [0.15, 0.2) is 0 Å². The van der Waals surface area contributed by atoms with E-state index in [1.54, 1.807) is 11.0 Å². The number of alkyl halides is 3. The number of rotatable bonds is 5. The molecule has 0 saturated carbocycles. The van der Waals surface area contributed by atoms with Gasteiger partial charge in [0, 0.05) is 56.9 Å². The number of imidazole rings is 1. The fourth-order valence-electron chi connectivity index (χ4n) is 5.46. The second kappa shape index (κ2) is 10.7. The topological polar surface area (TPSA) is 50.6 Å². The van der Waals surface area contributed by atoms with Gasteiger partial charge in [-0.05, 0) is 54.4 Å². The lowest BCUT2D eigenvalue weighted by Gasteiger charge is -2.36. The molecule has 0 spiro atoms. The van der Waals surface area contributed by atoms with Crippen LogP contribution in [0.2, 0.25) is 0 Å². The number of piperazine rings is 1. The Balaban J connectivity index is 1.07. The summed E-state index contributed by atoms with van der Waals surface area (Å²) in [6, 6.07) is 23.2. The van der Waals surface area contributed by atoms with Crippen molar-refractivity contribution in [3.05, 3.63) is 108 Å². The normalized spacial score (nSPS) is 17.4. The summed E-state index contributed by atoms with van der Waals surface area (Å²) in [5, 5.41) is 0. The maximum atomic E-state index is 13.3. The van der Waals surface area contributed by atoms with E-state index in [1.165, 1.54) is 17.7 Å². The van der Waals surface area contributed by atoms with Crippen molar-refractivity contribution in [1.82, 2.24) is 14.5 Å². The number of carbonyl (C=O) groups excluding carboxylic acids is 1. The molecule has 9 heteroatoms. The summed E-state index contributed by atoms with van der Waals surface area (Å²) < 4.78 is 47.3. The number of fused-ring (bicyclic) bond motifs is 1. The largest absolute Gasteiger partial charge is 0.457 e. The highest BCUT2D eigenvalue weighted by atomic mass is 19.4. The van der Waals surface area contributed by atoms with E-state index in [0.29, 0.717) is 43.5 Å². The zero-order chi connectivity index (χ0) is 27.7. The van der Waals surface area contributed by atoms with E-state index >= 15 is 0 Å². The van der Waals surface area contributed by atoms with Gasteiger partial charge < -0.3 is 19.1 Å². The predicted molar refractivity (Wildman–Crippen MR) is 146 cm³/mol. The lowest BCUT2D eigenvalue weighted by Crippen LogP contribution is -2.49. The van der Waals surface area contributed by atoms with Crippen LogP contribution in [0.4, 0.5) is 18.9 Å². The molecule has 1 unspecified atom stereocenters. The summed E-state index contributed by atoms with van der Waals surface area (Å²) in [5.41, 5.74) is 1.50. The summed E-state index contributed by atoms with van der Waals surface area (Å²) in [6.45, 7) is 2.53. The van der Waals surface area contributed by atoms with E-state index in [1.807, 2.05) is 53.6 Å². The number of hydrogen-bond acceptors (Lipinski definition) is 4. The molecule has 40 heavy (non-hydrogen) atoms. The van der Waals surface area contributed by atoms with Gasteiger partial charge >= 0.3 is 6.18 Å². The molecule has 1 saturated heterocycles. The molecule has 3 aromatic carbocycles. The van der Waals surface area contributed by atoms with Crippen molar-refractivity contribution in [2.24, 2.45) is 0 Å². The summed E-state index contributed by atoms with van der Waals surface area (Å²) in [6.07, 6.45) is -0.814. The van der Waals surface area contributed by atoms with Gasteiger partial charge in [-0.15, -0.1) is 0 Å². The first-order valence-corrected chi connectivity index (χ1v) is 13.4. The van der Waals surface area contributed by atoms with Crippen molar-refractivity contribution in [2.45, 2.75) is 31.5 Å². The summed E-state index contributed by atoms with van der Waals surface area (Å²) in [4.78, 5) is 21.5. The predicted octanol–water partition coefficient (Wildman–Crippen LogP) is 6.39. The lowest BCUT2D eigenvalue weighted by atomic mass is 9.91. The Morgan fingerprint density at radius 3 is 2.33 bits per heavy atom. The number of nitrogens with zero attached hydrogens (tertiary/aromatic N) is 4. The molecule has 0 N–H and O–H groups in total. The Labute approximate surface area is 230 Å². The molecule has 1 fully saturated rings.